The fourth-order valence-electron chi connectivity index (χ4n) is 2.10. The SMILES string of the molecule is CC(C)(C)[Si](C)(C)OCCCCCCCOC(=O)c1ccccc1. The molecule has 0 saturated heterocycles. The Morgan fingerprint density at radius 2 is 1.46 bits per heavy atom. The van der Waals surface area contributed by atoms with Gasteiger partial charge in [0.25, 0.3) is 0 Å². The molecule has 0 N–H and O–H groups in total. The lowest BCUT2D eigenvalue weighted by atomic mass is 10.1. The Morgan fingerprint density at radius 3 is 2.04 bits per heavy atom. The summed E-state index contributed by atoms with van der Waals surface area (Å²) in [4.78, 5) is 11.8. The van der Waals surface area contributed by atoms with Crippen molar-refractivity contribution in [2.75, 3.05) is 13.2 Å². The molecule has 3 nitrogen and oxygen atoms in total. The van der Waals surface area contributed by atoms with E-state index in [-0.39, 0.29) is 11.0 Å². The zero-order chi connectivity index (χ0) is 18.1. The molecule has 0 amide bonds. The Morgan fingerprint density at radius 1 is 0.917 bits per heavy atom. The smallest absolute Gasteiger partial charge is 0.338 e. The number of ether oxygens (including phenoxy) is 1. The van der Waals surface area contributed by atoms with E-state index in [4.69, 9.17) is 9.16 Å². The van der Waals surface area contributed by atoms with E-state index in [9.17, 15) is 4.79 Å². The molecule has 136 valence electrons. The van der Waals surface area contributed by atoms with E-state index in [0.29, 0.717) is 12.2 Å². The van der Waals surface area contributed by atoms with Gasteiger partial charge in [0.15, 0.2) is 8.32 Å². The van der Waals surface area contributed by atoms with Crippen LogP contribution in [0.4, 0.5) is 0 Å². The molecular formula is C20H34O3Si. The summed E-state index contributed by atoms with van der Waals surface area (Å²) >= 11 is 0. The van der Waals surface area contributed by atoms with Crippen LogP contribution in [0.3, 0.4) is 0 Å². The van der Waals surface area contributed by atoms with E-state index in [1.807, 2.05) is 18.2 Å². The van der Waals surface area contributed by atoms with Crippen molar-refractivity contribution in [3.63, 3.8) is 0 Å². The van der Waals surface area contributed by atoms with Crippen LogP contribution in [0.2, 0.25) is 18.1 Å². The third-order valence-corrected chi connectivity index (χ3v) is 9.34. The van der Waals surface area contributed by atoms with E-state index >= 15 is 0 Å². The molecule has 0 unspecified atom stereocenters. The van der Waals surface area contributed by atoms with Gasteiger partial charge in [-0.2, -0.15) is 0 Å². The van der Waals surface area contributed by atoms with Crippen LogP contribution in [0, 0.1) is 0 Å². The first-order valence-corrected chi connectivity index (χ1v) is 12.0. The summed E-state index contributed by atoms with van der Waals surface area (Å²) in [5.41, 5.74) is 0.625. The van der Waals surface area contributed by atoms with Crippen molar-refractivity contribution in [1.29, 1.82) is 0 Å². The second kappa shape index (κ2) is 9.99. The van der Waals surface area contributed by atoms with Gasteiger partial charge in [-0.15, -0.1) is 0 Å². The highest BCUT2D eigenvalue weighted by Crippen LogP contribution is 2.36. The van der Waals surface area contributed by atoms with Gasteiger partial charge in [0, 0.05) is 6.61 Å². The van der Waals surface area contributed by atoms with Gasteiger partial charge in [0.05, 0.1) is 12.2 Å². The molecule has 0 aliphatic rings. The summed E-state index contributed by atoms with van der Waals surface area (Å²) < 4.78 is 11.5. The summed E-state index contributed by atoms with van der Waals surface area (Å²) in [6, 6.07) is 9.16. The van der Waals surface area contributed by atoms with Crippen LogP contribution in [0.15, 0.2) is 30.3 Å². The zero-order valence-corrected chi connectivity index (χ0v) is 17.1. The Bertz CT molecular complexity index is 477. The molecule has 0 radical (unpaired) electrons. The van der Waals surface area contributed by atoms with Crippen molar-refractivity contribution < 1.29 is 14.0 Å². The first kappa shape index (κ1) is 20.9. The Labute approximate surface area is 148 Å². The lowest BCUT2D eigenvalue weighted by molar-refractivity contribution is 0.0497. The number of benzene rings is 1. The predicted molar refractivity (Wildman–Crippen MR) is 103 cm³/mol. The predicted octanol–water partition coefficient (Wildman–Crippen LogP) is 5.82. The van der Waals surface area contributed by atoms with Gasteiger partial charge in [0.2, 0.25) is 0 Å². The number of unbranched alkanes of at least 4 members (excludes halogenated alkanes) is 4. The fraction of sp³-hybridized carbons (Fsp3) is 0.650. The maximum absolute atomic E-state index is 11.8. The topological polar surface area (TPSA) is 35.5 Å². The number of carbonyl (C=O) groups is 1. The van der Waals surface area contributed by atoms with Crippen LogP contribution < -0.4 is 0 Å². The molecule has 0 spiro atoms. The largest absolute Gasteiger partial charge is 0.462 e. The summed E-state index contributed by atoms with van der Waals surface area (Å²) in [5.74, 6) is -0.224. The van der Waals surface area contributed by atoms with Crippen LogP contribution in [-0.2, 0) is 9.16 Å². The Balaban J connectivity index is 2.01. The maximum Gasteiger partial charge on any atom is 0.338 e. The molecule has 1 rings (SSSR count). The van der Waals surface area contributed by atoms with Crippen LogP contribution in [0.5, 0.6) is 0 Å². The van der Waals surface area contributed by atoms with Crippen LogP contribution in [0.25, 0.3) is 0 Å². The Kier molecular flexibility index (Phi) is 8.71. The van der Waals surface area contributed by atoms with Gasteiger partial charge in [-0.3, -0.25) is 0 Å². The van der Waals surface area contributed by atoms with E-state index in [0.717, 1.165) is 25.9 Å². The molecule has 0 bridgehead atoms. The average molecular weight is 351 g/mol. The number of hydrogen-bond acceptors (Lipinski definition) is 3. The van der Waals surface area contributed by atoms with Gasteiger partial charge in [-0.25, -0.2) is 4.79 Å². The molecule has 24 heavy (non-hydrogen) atoms. The molecule has 0 aromatic heterocycles. The molecular weight excluding hydrogens is 316 g/mol. The first-order chi connectivity index (χ1) is 11.2. The fourth-order valence-corrected chi connectivity index (χ4v) is 3.19. The standard InChI is InChI=1S/C20H34O3Si/c1-20(2,3)24(4,5)23-17-13-8-6-7-12-16-22-19(21)18-14-10-9-11-15-18/h9-11,14-15H,6-8,12-13,16-17H2,1-5H3. The first-order valence-electron chi connectivity index (χ1n) is 9.10. The normalized spacial score (nSPS) is 12.2. The quantitative estimate of drug-likeness (QED) is 0.303. The number of rotatable bonds is 10. The molecule has 0 aliphatic heterocycles. The van der Waals surface area contributed by atoms with Gasteiger partial charge in [0.1, 0.15) is 0 Å². The Hall–Kier alpha value is -1.13. The van der Waals surface area contributed by atoms with Gasteiger partial charge in [-0.1, -0.05) is 58.2 Å². The highest BCUT2D eigenvalue weighted by atomic mass is 28.4. The second-order valence-electron chi connectivity index (χ2n) is 7.88. The summed E-state index contributed by atoms with van der Waals surface area (Å²) in [7, 11) is -1.59. The van der Waals surface area contributed by atoms with Crippen molar-refractivity contribution in [2.45, 2.75) is 71.0 Å². The van der Waals surface area contributed by atoms with E-state index in [1.54, 1.807) is 12.1 Å². The maximum atomic E-state index is 11.8. The van der Waals surface area contributed by atoms with Crippen molar-refractivity contribution in [1.82, 2.24) is 0 Å². The minimum atomic E-state index is -1.59. The summed E-state index contributed by atoms with van der Waals surface area (Å²) in [6.07, 6.45) is 5.51. The molecule has 0 saturated carbocycles. The van der Waals surface area contributed by atoms with Gasteiger partial charge < -0.3 is 9.16 Å². The molecule has 4 heteroatoms. The third-order valence-electron chi connectivity index (χ3n) is 4.80. The van der Waals surface area contributed by atoms with E-state index in [1.165, 1.54) is 12.8 Å². The highest BCUT2D eigenvalue weighted by Gasteiger charge is 2.36. The highest BCUT2D eigenvalue weighted by molar-refractivity contribution is 6.74. The van der Waals surface area contributed by atoms with E-state index in [2.05, 4.69) is 33.9 Å². The average Bonchev–Trinajstić information content (AvgIpc) is 2.52. The van der Waals surface area contributed by atoms with Crippen LogP contribution in [-0.4, -0.2) is 27.5 Å². The molecule has 0 atom stereocenters. The number of carbonyl (C=O) groups excluding carboxylic acids is 1. The lowest BCUT2D eigenvalue weighted by Crippen LogP contribution is -2.40. The minimum absolute atomic E-state index is 0.224. The van der Waals surface area contributed by atoms with Crippen molar-refractivity contribution in [2.24, 2.45) is 0 Å². The zero-order valence-electron chi connectivity index (χ0n) is 16.1. The second-order valence-corrected chi connectivity index (χ2v) is 12.7. The number of esters is 1. The van der Waals surface area contributed by atoms with Gasteiger partial charge in [-0.05, 0) is 43.1 Å². The van der Waals surface area contributed by atoms with Crippen molar-refractivity contribution in [3.8, 4) is 0 Å². The third kappa shape index (κ3) is 7.62. The molecule has 0 aliphatic carbocycles. The summed E-state index contributed by atoms with van der Waals surface area (Å²) in [6.45, 7) is 12.8. The van der Waals surface area contributed by atoms with Crippen LogP contribution >= 0.6 is 0 Å². The molecule has 1 aromatic rings. The number of hydrogen-bond donors (Lipinski definition) is 0. The molecule has 1 aromatic carbocycles. The lowest BCUT2D eigenvalue weighted by Gasteiger charge is -2.36. The van der Waals surface area contributed by atoms with Gasteiger partial charge >= 0.3 is 5.97 Å². The van der Waals surface area contributed by atoms with E-state index < -0.39 is 8.32 Å². The van der Waals surface area contributed by atoms with Crippen molar-refractivity contribution in [3.05, 3.63) is 35.9 Å². The molecule has 0 heterocycles. The minimum Gasteiger partial charge on any atom is -0.462 e. The van der Waals surface area contributed by atoms with Crippen LogP contribution in [0.1, 0.15) is 63.2 Å². The summed E-state index contributed by atoms with van der Waals surface area (Å²) in [5, 5.41) is 0.287. The molecule has 0 fully saturated rings. The van der Waals surface area contributed by atoms with Crippen molar-refractivity contribution >= 4 is 14.3 Å². The monoisotopic (exact) mass is 350 g/mol.